The minimum absolute atomic E-state index is 0.0456. The second-order valence-electron chi connectivity index (χ2n) is 5.10. The number of fused-ring (bicyclic) bond motifs is 1. The van der Waals surface area contributed by atoms with Crippen LogP contribution >= 0.6 is 11.3 Å². The predicted molar refractivity (Wildman–Crippen MR) is 85.7 cm³/mol. The molecule has 0 aliphatic carbocycles. The summed E-state index contributed by atoms with van der Waals surface area (Å²) in [7, 11) is 0. The summed E-state index contributed by atoms with van der Waals surface area (Å²) in [5.74, 6) is -0.755. The fourth-order valence-electron chi connectivity index (χ4n) is 2.45. The number of anilines is 1. The van der Waals surface area contributed by atoms with Crippen LogP contribution in [-0.2, 0) is 4.79 Å². The third kappa shape index (κ3) is 2.61. The van der Waals surface area contributed by atoms with Gasteiger partial charge in [0.1, 0.15) is 22.7 Å². The molecule has 1 aliphatic heterocycles. The van der Waals surface area contributed by atoms with Gasteiger partial charge in [-0.15, -0.1) is 11.3 Å². The Morgan fingerprint density at radius 1 is 1.43 bits per heavy atom. The van der Waals surface area contributed by atoms with Gasteiger partial charge >= 0.3 is 5.97 Å². The number of aliphatic carboxylic acids is 1. The van der Waals surface area contributed by atoms with Gasteiger partial charge in [-0.1, -0.05) is 0 Å². The molecule has 0 saturated carbocycles. The van der Waals surface area contributed by atoms with E-state index in [4.69, 9.17) is 15.9 Å². The second kappa shape index (κ2) is 5.40. The van der Waals surface area contributed by atoms with E-state index in [1.54, 1.807) is 6.92 Å². The van der Waals surface area contributed by atoms with Gasteiger partial charge in [-0.3, -0.25) is 25.5 Å². The van der Waals surface area contributed by atoms with Gasteiger partial charge in [-0.25, -0.2) is 0 Å². The van der Waals surface area contributed by atoms with Crippen molar-refractivity contribution in [3.05, 3.63) is 16.0 Å². The van der Waals surface area contributed by atoms with E-state index < -0.39 is 12.0 Å². The van der Waals surface area contributed by atoms with E-state index in [0.717, 1.165) is 26.7 Å². The van der Waals surface area contributed by atoms with E-state index in [-0.39, 0.29) is 18.1 Å². The molecular weight excluding hydrogens is 288 g/mol. The maximum Gasteiger partial charge on any atom is 0.305 e. The normalized spacial score (nSPS) is 18.1. The zero-order valence-electron chi connectivity index (χ0n) is 12.4. The zero-order chi connectivity index (χ0) is 15.9. The zero-order valence-corrected chi connectivity index (χ0v) is 13.3. The molecule has 0 amide bonds. The summed E-state index contributed by atoms with van der Waals surface area (Å²) >= 11 is 1.51. The lowest BCUT2D eigenvalue weighted by molar-refractivity contribution is -0.137. The number of nitrogens with zero attached hydrogens (tertiary/aromatic N) is 2. The first-order valence-electron chi connectivity index (χ1n) is 6.54. The molecule has 2 heterocycles. The number of nitrogens with one attached hydrogen (secondary N) is 2. The highest BCUT2D eigenvalue weighted by Crippen LogP contribution is 2.38. The van der Waals surface area contributed by atoms with Crippen LogP contribution < -0.4 is 4.90 Å². The number of amidine groups is 2. The summed E-state index contributed by atoms with van der Waals surface area (Å²) in [6, 6.07) is -0.762. The minimum atomic E-state index is -0.998. The van der Waals surface area contributed by atoms with Crippen LogP contribution in [0.15, 0.2) is 4.99 Å². The van der Waals surface area contributed by atoms with Crippen molar-refractivity contribution in [1.29, 1.82) is 10.8 Å². The molecule has 6 nitrogen and oxygen atoms in total. The highest BCUT2D eigenvalue weighted by atomic mass is 32.1. The maximum atomic E-state index is 11.0. The fourth-order valence-corrected chi connectivity index (χ4v) is 3.73. The number of hydrogen-bond acceptors (Lipinski definition) is 5. The SMILES string of the molecule is CC(=N)N1C(=N)[C@H](CC(=O)O)N=C(C)c2c1sc(C)c2C. The first-order valence-corrected chi connectivity index (χ1v) is 7.36. The van der Waals surface area contributed by atoms with Gasteiger partial charge in [-0.05, 0) is 33.3 Å². The third-order valence-corrected chi connectivity index (χ3v) is 4.73. The van der Waals surface area contributed by atoms with Crippen molar-refractivity contribution in [3.8, 4) is 0 Å². The molecule has 3 N–H and O–H groups in total. The Morgan fingerprint density at radius 3 is 2.57 bits per heavy atom. The smallest absolute Gasteiger partial charge is 0.305 e. The largest absolute Gasteiger partial charge is 0.481 e. The molecule has 0 saturated heterocycles. The van der Waals surface area contributed by atoms with Crippen LogP contribution in [0.3, 0.4) is 0 Å². The van der Waals surface area contributed by atoms with Crippen LogP contribution in [0.25, 0.3) is 0 Å². The lowest BCUT2D eigenvalue weighted by Gasteiger charge is -2.24. The molecule has 21 heavy (non-hydrogen) atoms. The molecule has 0 unspecified atom stereocenters. The molecule has 112 valence electrons. The molecule has 1 atom stereocenters. The number of carboxylic acid groups (broad SMARTS) is 1. The number of aryl methyl sites for hydroxylation is 1. The summed E-state index contributed by atoms with van der Waals surface area (Å²) in [6.07, 6.45) is -0.243. The number of carbonyl (C=O) groups is 1. The first-order chi connectivity index (χ1) is 9.73. The molecule has 0 fully saturated rings. The van der Waals surface area contributed by atoms with Crippen molar-refractivity contribution in [3.63, 3.8) is 0 Å². The molecule has 1 aromatic heterocycles. The summed E-state index contributed by atoms with van der Waals surface area (Å²) in [5, 5.41) is 26.1. The Hall–Kier alpha value is -2.02. The Bertz CT molecular complexity index is 675. The van der Waals surface area contributed by atoms with Crippen LogP contribution in [0.1, 0.15) is 36.3 Å². The van der Waals surface area contributed by atoms with Crippen molar-refractivity contribution in [2.24, 2.45) is 4.99 Å². The average molecular weight is 306 g/mol. The maximum absolute atomic E-state index is 11.0. The minimum Gasteiger partial charge on any atom is -0.481 e. The summed E-state index contributed by atoms with van der Waals surface area (Å²) in [4.78, 5) is 18.1. The van der Waals surface area contributed by atoms with Crippen molar-refractivity contribution >= 4 is 39.7 Å². The van der Waals surface area contributed by atoms with Gasteiger partial charge in [-0.2, -0.15) is 0 Å². The first kappa shape index (κ1) is 15.4. The van der Waals surface area contributed by atoms with Crippen molar-refractivity contribution < 1.29 is 9.90 Å². The summed E-state index contributed by atoms with van der Waals surface area (Å²) in [6.45, 7) is 7.42. The van der Waals surface area contributed by atoms with Gasteiger partial charge in [0.2, 0.25) is 0 Å². The molecule has 2 rings (SSSR count). The average Bonchev–Trinajstić information content (AvgIpc) is 2.58. The van der Waals surface area contributed by atoms with Crippen LogP contribution in [0.4, 0.5) is 5.00 Å². The molecule has 0 bridgehead atoms. The molecular formula is C14H18N4O2S. The Morgan fingerprint density at radius 2 is 2.05 bits per heavy atom. The highest BCUT2D eigenvalue weighted by Gasteiger charge is 2.32. The van der Waals surface area contributed by atoms with E-state index in [1.165, 1.54) is 16.2 Å². The van der Waals surface area contributed by atoms with E-state index in [9.17, 15) is 4.79 Å². The van der Waals surface area contributed by atoms with Gasteiger partial charge < -0.3 is 5.11 Å². The Kier molecular flexibility index (Phi) is 3.95. The topological polar surface area (TPSA) is 101 Å². The predicted octanol–water partition coefficient (Wildman–Crippen LogP) is 2.81. The number of thiophene rings is 1. The number of rotatable bonds is 2. The molecule has 0 spiro atoms. The quantitative estimate of drug-likeness (QED) is 0.578. The molecule has 0 radical (unpaired) electrons. The highest BCUT2D eigenvalue weighted by molar-refractivity contribution is 7.17. The Labute approximate surface area is 127 Å². The van der Waals surface area contributed by atoms with Crippen LogP contribution in [0.5, 0.6) is 0 Å². The van der Waals surface area contributed by atoms with Crippen LogP contribution in [0, 0.1) is 24.7 Å². The lowest BCUT2D eigenvalue weighted by atomic mass is 10.1. The fraction of sp³-hybridized carbons (Fsp3) is 0.429. The number of carboxylic acids is 1. The van der Waals surface area contributed by atoms with E-state index >= 15 is 0 Å². The second-order valence-corrected chi connectivity index (χ2v) is 6.30. The van der Waals surface area contributed by atoms with Crippen LogP contribution in [0.2, 0.25) is 0 Å². The molecule has 7 heteroatoms. The van der Waals surface area contributed by atoms with Gasteiger partial charge in [0.15, 0.2) is 0 Å². The van der Waals surface area contributed by atoms with Crippen molar-refractivity contribution in [2.45, 2.75) is 40.2 Å². The van der Waals surface area contributed by atoms with E-state index in [2.05, 4.69) is 4.99 Å². The monoisotopic (exact) mass is 306 g/mol. The van der Waals surface area contributed by atoms with E-state index in [0.29, 0.717) is 0 Å². The van der Waals surface area contributed by atoms with Crippen molar-refractivity contribution in [1.82, 2.24) is 0 Å². The van der Waals surface area contributed by atoms with Gasteiger partial charge in [0, 0.05) is 16.2 Å². The lowest BCUT2D eigenvalue weighted by Crippen LogP contribution is -2.40. The Balaban J connectivity index is 2.66. The van der Waals surface area contributed by atoms with Gasteiger partial charge in [0.25, 0.3) is 0 Å². The molecule has 1 aliphatic rings. The number of aliphatic imine (C=N–C) groups is 1. The van der Waals surface area contributed by atoms with Crippen LogP contribution in [-0.4, -0.2) is 34.5 Å². The summed E-state index contributed by atoms with van der Waals surface area (Å²) in [5.41, 5.74) is 2.72. The standard InChI is InChI=1S/C14H18N4O2S/c1-6-8(3)21-14-12(6)7(2)17-10(5-11(19)20)13(16)18(14)9(4)15/h10,15-16H,5H2,1-4H3,(H,19,20)/t10-/m0/s1. The van der Waals surface area contributed by atoms with Gasteiger partial charge in [0.05, 0.1) is 6.42 Å². The number of hydrogen-bond donors (Lipinski definition) is 3. The molecule has 0 aromatic carbocycles. The molecule has 1 aromatic rings. The summed E-state index contributed by atoms with van der Waals surface area (Å²) < 4.78 is 0. The van der Waals surface area contributed by atoms with E-state index in [1.807, 2.05) is 20.8 Å². The van der Waals surface area contributed by atoms with Crippen molar-refractivity contribution in [2.75, 3.05) is 4.90 Å². The third-order valence-electron chi connectivity index (χ3n) is 3.54.